The lowest BCUT2D eigenvalue weighted by molar-refractivity contribution is 0.0737. The predicted molar refractivity (Wildman–Crippen MR) is 75.5 cm³/mol. The van der Waals surface area contributed by atoms with Gasteiger partial charge in [0.1, 0.15) is 5.69 Å². The van der Waals surface area contributed by atoms with Crippen LogP contribution in [0.2, 0.25) is 0 Å². The van der Waals surface area contributed by atoms with Crippen molar-refractivity contribution in [3.05, 3.63) is 17.5 Å². The van der Waals surface area contributed by atoms with E-state index in [1.165, 1.54) is 12.8 Å². The van der Waals surface area contributed by atoms with Gasteiger partial charge in [0.15, 0.2) is 0 Å². The van der Waals surface area contributed by atoms with Crippen molar-refractivity contribution in [3.63, 3.8) is 0 Å². The number of rotatable bonds is 3. The summed E-state index contributed by atoms with van der Waals surface area (Å²) in [4.78, 5) is 14.3. The summed E-state index contributed by atoms with van der Waals surface area (Å²) in [5.74, 6) is 1.08. The molecule has 1 saturated carbocycles. The van der Waals surface area contributed by atoms with E-state index in [1.807, 2.05) is 11.0 Å². The van der Waals surface area contributed by atoms with Crippen molar-refractivity contribution < 1.29 is 4.79 Å². The number of amides is 1. The van der Waals surface area contributed by atoms with Crippen molar-refractivity contribution in [3.8, 4) is 0 Å². The highest BCUT2D eigenvalue weighted by molar-refractivity contribution is 5.92. The van der Waals surface area contributed by atoms with Crippen LogP contribution in [0.4, 0.5) is 0 Å². The largest absolute Gasteiger partial charge is 0.334 e. The Morgan fingerprint density at radius 1 is 1.58 bits per heavy atom. The average molecular weight is 285 g/mol. The minimum atomic E-state index is 0. The molecule has 0 spiro atoms. The van der Waals surface area contributed by atoms with Crippen LogP contribution < -0.4 is 5.73 Å². The number of hydrogen-bond acceptors (Lipinski definition) is 3. The van der Waals surface area contributed by atoms with E-state index in [1.54, 1.807) is 0 Å². The molecule has 106 valence electrons. The summed E-state index contributed by atoms with van der Waals surface area (Å²) in [6.45, 7) is 3.51. The molecule has 3 N–H and O–H groups in total. The quantitative estimate of drug-likeness (QED) is 0.884. The van der Waals surface area contributed by atoms with Gasteiger partial charge in [-0.3, -0.25) is 9.89 Å². The fourth-order valence-electron chi connectivity index (χ4n) is 2.79. The first-order chi connectivity index (χ1) is 8.69. The van der Waals surface area contributed by atoms with Crippen LogP contribution in [-0.2, 0) is 0 Å². The fraction of sp³-hybridized carbons (Fsp3) is 0.692. The number of nitrogens with two attached hydrogens (primary N) is 1. The summed E-state index contributed by atoms with van der Waals surface area (Å²) in [5.41, 5.74) is 7.36. The van der Waals surface area contributed by atoms with Crippen LogP contribution in [0.3, 0.4) is 0 Å². The number of halogens is 1. The second-order valence-electron chi connectivity index (χ2n) is 5.63. The molecule has 2 fully saturated rings. The lowest BCUT2D eigenvalue weighted by Gasteiger charge is -2.20. The molecule has 2 atom stereocenters. The maximum atomic E-state index is 12.4. The molecule has 2 heterocycles. The zero-order valence-electron chi connectivity index (χ0n) is 11.1. The van der Waals surface area contributed by atoms with E-state index in [9.17, 15) is 4.79 Å². The molecule has 1 aromatic rings. The van der Waals surface area contributed by atoms with Crippen molar-refractivity contribution in [2.24, 2.45) is 11.7 Å². The SMILES string of the molecule is CC1CC(CN)CN1C(=O)c1cc(C2CC2)[nH]n1.Cl. The molecular weight excluding hydrogens is 264 g/mol. The van der Waals surface area contributed by atoms with Gasteiger partial charge >= 0.3 is 0 Å². The number of nitrogens with zero attached hydrogens (tertiary/aromatic N) is 2. The number of carbonyl (C=O) groups excluding carboxylic acids is 1. The third-order valence-corrected chi connectivity index (χ3v) is 4.09. The number of hydrogen-bond donors (Lipinski definition) is 2. The molecular formula is C13H21ClN4O. The molecule has 0 radical (unpaired) electrons. The number of carbonyl (C=O) groups is 1. The normalized spacial score (nSPS) is 26.3. The highest BCUT2D eigenvalue weighted by atomic mass is 35.5. The molecule has 5 nitrogen and oxygen atoms in total. The second kappa shape index (κ2) is 5.51. The summed E-state index contributed by atoms with van der Waals surface area (Å²) in [6.07, 6.45) is 3.43. The number of aromatic amines is 1. The van der Waals surface area contributed by atoms with Crippen molar-refractivity contribution in [2.45, 2.75) is 38.1 Å². The predicted octanol–water partition coefficient (Wildman–Crippen LogP) is 1.52. The number of aromatic nitrogens is 2. The Balaban J connectivity index is 0.00000133. The summed E-state index contributed by atoms with van der Waals surface area (Å²) in [5, 5.41) is 7.15. The maximum Gasteiger partial charge on any atom is 0.274 e. The molecule has 1 amide bonds. The standard InChI is InChI=1S/C13H20N4O.ClH/c1-8-4-9(6-14)7-17(8)13(18)12-5-11(15-16-12)10-2-3-10;/h5,8-10H,2-4,6-7,14H2,1H3,(H,15,16);1H. The Morgan fingerprint density at radius 2 is 2.32 bits per heavy atom. The van der Waals surface area contributed by atoms with Gasteiger partial charge in [-0.2, -0.15) is 5.10 Å². The minimum absolute atomic E-state index is 0. The van der Waals surface area contributed by atoms with E-state index >= 15 is 0 Å². The summed E-state index contributed by atoms with van der Waals surface area (Å²) >= 11 is 0. The lowest BCUT2D eigenvalue weighted by Crippen LogP contribution is -2.34. The Hall–Kier alpha value is -1.07. The van der Waals surface area contributed by atoms with Gasteiger partial charge in [-0.15, -0.1) is 12.4 Å². The third kappa shape index (κ3) is 2.77. The third-order valence-electron chi connectivity index (χ3n) is 4.09. The Morgan fingerprint density at radius 3 is 2.89 bits per heavy atom. The van der Waals surface area contributed by atoms with Crippen LogP contribution in [-0.4, -0.2) is 40.1 Å². The first-order valence-corrected chi connectivity index (χ1v) is 6.75. The van der Waals surface area contributed by atoms with Gasteiger partial charge in [0.25, 0.3) is 5.91 Å². The Labute approximate surface area is 119 Å². The van der Waals surface area contributed by atoms with Crippen LogP contribution in [0, 0.1) is 5.92 Å². The molecule has 2 unspecified atom stereocenters. The van der Waals surface area contributed by atoms with Crippen molar-refractivity contribution in [1.29, 1.82) is 0 Å². The highest BCUT2D eigenvalue weighted by Crippen LogP contribution is 2.39. The molecule has 2 aliphatic rings. The summed E-state index contributed by atoms with van der Waals surface area (Å²) < 4.78 is 0. The molecule has 1 aromatic heterocycles. The van der Waals surface area contributed by atoms with E-state index in [0.29, 0.717) is 24.1 Å². The van der Waals surface area contributed by atoms with Crippen LogP contribution in [0.25, 0.3) is 0 Å². The molecule has 19 heavy (non-hydrogen) atoms. The molecule has 1 aliphatic carbocycles. The first kappa shape index (κ1) is 14.3. The average Bonchev–Trinajstić information content (AvgIpc) is 2.98. The second-order valence-corrected chi connectivity index (χ2v) is 5.63. The zero-order chi connectivity index (χ0) is 12.7. The van der Waals surface area contributed by atoms with E-state index in [-0.39, 0.29) is 24.4 Å². The monoisotopic (exact) mass is 284 g/mol. The van der Waals surface area contributed by atoms with Gasteiger partial charge < -0.3 is 10.6 Å². The Kier molecular flexibility index (Phi) is 4.16. The van der Waals surface area contributed by atoms with Gasteiger partial charge in [0.2, 0.25) is 0 Å². The Bertz CT molecular complexity index is 457. The van der Waals surface area contributed by atoms with Gasteiger partial charge in [0.05, 0.1) is 0 Å². The van der Waals surface area contributed by atoms with Crippen molar-refractivity contribution in [2.75, 3.05) is 13.1 Å². The highest BCUT2D eigenvalue weighted by Gasteiger charge is 2.34. The summed E-state index contributed by atoms with van der Waals surface area (Å²) in [7, 11) is 0. The van der Waals surface area contributed by atoms with Crippen LogP contribution in [0.1, 0.15) is 48.3 Å². The molecule has 0 aromatic carbocycles. The number of likely N-dealkylation sites (tertiary alicyclic amines) is 1. The molecule has 1 aliphatic heterocycles. The molecule has 3 rings (SSSR count). The van der Waals surface area contributed by atoms with Gasteiger partial charge in [0, 0.05) is 24.2 Å². The lowest BCUT2D eigenvalue weighted by atomic mass is 10.1. The van der Waals surface area contributed by atoms with Crippen LogP contribution >= 0.6 is 12.4 Å². The first-order valence-electron chi connectivity index (χ1n) is 6.75. The molecule has 0 bridgehead atoms. The number of H-pyrrole nitrogens is 1. The molecule has 1 saturated heterocycles. The van der Waals surface area contributed by atoms with E-state index in [4.69, 9.17) is 5.73 Å². The van der Waals surface area contributed by atoms with Crippen molar-refractivity contribution in [1.82, 2.24) is 15.1 Å². The fourth-order valence-corrected chi connectivity index (χ4v) is 2.79. The minimum Gasteiger partial charge on any atom is -0.334 e. The topological polar surface area (TPSA) is 75.0 Å². The maximum absolute atomic E-state index is 12.4. The van der Waals surface area contributed by atoms with Crippen molar-refractivity contribution >= 4 is 18.3 Å². The van der Waals surface area contributed by atoms with Gasteiger partial charge in [-0.05, 0) is 44.7 Å². The zero-order valence-corrected chi connectivity index (χ0v) is 11.9. The number of nitrogens with one attached hydrogen (secondary N) is 1. The smallest absolute Gasteiger partial charge is 0.274 e. The van der Waals surface area contributed by atoms with E-state index in [0.717, 1.165) is 18.7 Å². The van der Waals surface area contributed by atoms with Gasteiger partial charge in [-0.1, -0.05) is 0 Å². The van der Waals surface area contributed by atoms with Crippen LogP contribution in [0.15, 0.2) is 6.07 Å². The van der Waals surface area contributed by atoms with E-state index < -0.39 is 0 Å². The van der Waals surface area contributed by atoms with E-state index in [2.05, 4.69) is 17.1 Å². The van der Waals surface area contributed by atoms with Crippen LogP contribution in [0.5, 0.6) is 0 Å². The van der Waals surface area contributed by atoms with Gasteiger partial charge in [-0.25, -0.2) is 0 Å². The molecule has 6 heteroatoms. The summed E-state index contributed by atoms with van der Waals surface area (Å²) in [6, 6.07) is 2.19.